The summed E-state index contributed by atoms with van der Waals surface area (Å²) in [5, 5.41) is 1.46. The highest BCUT2D eigenvalue weighted by Crippen LogP contribution is 2.49. The molecule has 4 N–H and O–H groups in total. The molecule has 2 fully saturated rings. The Kier molecular flexibility index (Phi) is 11.8. The first-order valence-corrected chi connectivity index (χ1v) is 22.8. The number of halogens is 4. The number of benzene rings is 4. The maximum Gasteiger partial charge on any atom is 0.263 e. The molecule has 4 aliphatic heterocycles. The molecule has 0 unspecified atom stereocenters. The molecule has 2 aromatic heterocycles. The summed E-state index contributed by atoms with van der Waals surface area (Å²) in [5.41, 5.74) is 16.4. The molecule has 2 spiro atoms. The van der Waals surface area contributed by atoms with Gasteiger partial charge in [-0.25, -0.2) is 9.97 Å². The Labute approximate surface area is 391 Å². The van der Waals surface area contributed by atoms with Gasteiger partial charge < -0.3 is 30.7 Å². The molecule has 0 saturated carbocycles. The SMILES string of the molecule is Cc1c(N2CCC3(CC2)Oc2ccccc2[C@H]3N)nc(C)n(-c2cccc(Cl)c2Cl)c1=O.Cc1c(N2CCC3(CC2)Oc2ccccc2[C@H]3N)nc(C)n(-c2cccc(Cl)c2Cl)c1=O. The van der Waals surface area contributed by atoms with Crippen LogP contribution in [0, 0.1) is 27.7 Å². The highest BCUT2D eigenvalue weighted by molar-refractivity contribution is 6.43. The standard InChI is InChI=1S/2C24H24Cl2N4O2/c2*1-14-22(28-15(2)30(23(14)31)18-8-5-7-17(25)20(18)26)29-12-10-24(11-13-29)21(27)16-6-3-4-9-19(16)32-24/h2*3-9,21H,10-13,27H2,1-2H3/t2*21-/m11/s1. The Hall–Kier alpha value is -5.08. The molecule has 0 bridgehead atoms. The lowest BCUT2D eigenvalue weighted by atomic mass is 9.83. The second-order valence-corrected chi connectivity index (χ2v) is 18.6. The minimum absolute atomic E-state index is 0.154. The number of aryl methyl sites for hydroxylation is 2. The van der Waals surface area contributed by atoms with Gasteiger partial charge in [0.05, 0.1) is 54.7 Å². The van der Waals surface area contributed by atoms with Crippen molar-refractivity contribution in [3.8, 4) is 22.9 Å². The summed E-state index contributed by atoms with van der Waals surface area (Å²) in [6.07, 6.45) is 3.02. The summed E-state index contributed by atoms with van der Waals surface area (Å²) in [5.74, 6) is 4.25. The second-order valence-electron chi connectivity index (χ2n) is 17.0. The normalized spacial score (nSPS) is 19.2. The van der Waals surface area contributed by atoms with Crippen LogP contribution in [-0.4, -0.2) is 56.5 Å². The van der Waals surface area contributed by atoms with Crippen LogP contribution in [0.3, 0.4) is 0 Å². The van der Waals surface area contributed by atoms with Crippen LogP contribution in [0.25, 0.3) is 11.4 Å². The molecule has 16 heteroatoms. The number of anilines is 2. The topological polar surface area (TPSA) is 147 Å². The van der Waals surface area contributed by atoms with E-state index in [1.165, 1.54) is 9.13 Å². The van der Waals surface area contributed by atoms with Crippen molar-refractivity contribution < 1.29 is 9.47 Å². The van der Waals surface area contributed by atoms with Gasteiger partial charge in [0.1, 0.15) is 46.0 Å². The maximum atomic E-state index is 13.3. The molecule has 4 aromatic carbocycles. The van der Waals surface area contributed by atoms with Crippen LogP contribution in [0.15, 0.2) is 94.5 Å². The average Bonchev–Trinajstić information content (AvgIpc) is 3.72. The van der Waals surface area contributed by atoms with Crippen LogP contribution >= 0.6 is 46.4 Å². The van der Waals surface area contributed by atoms with Gasteiger partial charge in [-0.2, -0.15) is 0 Å². The summed E-state index contributed by atoms with van der Waals surface area (Å²) in [7, 11) is 0. The molecule has 64 heavy (non-hydrogen) atoms. The van der Waals surface area contributed by atoms with Crippen molar-refractivity contribution in [2.24, 2.45) is 11.5 Å². The molecule has 10 rings (SSSR count). The number of nitrogens with zero attached hydrogens (tertiary/aromatic N) is 6. The van der Waals surface area contributed by atoms with E-state index < -0.39 is 11.2 Å². The maximum absolute atomic E-state index is 13.3. The third-order valence-corrected chi connectivity index (χ3v) is 15.0. The van der Waals surface area contributed by atoms with Gasteiger partial charge in [-0.05, 0) is 64.1 Å². The van der Waals surface area contributed by atoms with E-state index in [1.54, 1.807) is 64.1 Å². The fourth-order valence-corrected chi connectivity index (χ4v) is 10.5. The third kappa shape index (κ3) is 7.42. The summed E-state index contributed by atoms with van der Waals surface area (Å²) >= 11 is 25.1. The van der Waals surface area contributed by atoms with Crippen molar-refractivity contribution in [2.45, 2.75) is 76.7 Å². The van der Waals surface area contributed by atoms with Gasteiger partial charge in [0.25, 0.3) is 11.1 Å². The molecule has 4 aliphatic rings. The molecule has 0 aliphatic carbocycles. The van der Waals surface area contributed by atoms with E-state index in [2.05, 4.69) is 9.80 Å². The Morgan fingerprint density at radius 1 is 0.547 bits per heavy atom. The minimum Gasteiger partial charge on any atom is -0.485 e. The molecule has 0 radical (unpaired) electrons. The predicted octanol–water partition coefficient (Wildman–Crippen LogP) is 9.18. The Morgan fingerprint density at radius 2 is 0.906 bits per heavy atom. The molecule has 2 saturated heterocycles. The van der Waals surface area contributed by atoms with E-state index in [9.17, 15) is 9.59 Å². The molecular formula is C48H48Cl4N8O4. The predicted molar refractivity (Wildman–Crippen MR) is 255 cm³/mol. The van der Waals surface area contributed by atoms with Crippen LogP contribution < -0.4 is 41.9 Å². The zero-order valence-corrected chi connectivity index (χ0v) is 38.9. The van der Waals surface area contributed by atoms with E-state index in [1.807, 2.05) is 48.5 Å². The highest BCUT2D eigenvalue weighted by Gasteiger charge is 2.50. The highest BCUT2D eigenvalue weighted by atomic mass is 35.5. The summed E-state index contributed by atoms with van der Waals surface area (Å²) in [4.78, 5) is 40.5. The van der Waals surface area contributed by atoms with Crippen LogP contribution in [0.1, 0.15) is 71.7 Å². The molecule has 0 amide bonds. The lowest BCUT2D eigenvalue weighted by Crippen LogP contribution is -2.52. The van der Waals surface area contributed by atoms with Crippen molar-refractivity contribution in [2.75, 3.05) is 36.0 Å². The number of rotatable bonds is 4. The Bertz CT molecular complexity index is 2730. The molecule has 6 aromatic rings. The summed E-state index contributed by atoms with van der Waals surface area (Å²) in [6, 6.07) is 26.1. The number of aromatic nitrogens is 4. The van der Waals surface area contributed by atoms with E-state index >= 15 is 0 Å². The smallest absolute Gasteiger partial charge is 0.263 e. The van der Waals surface area contributed by atoms with Crippen molar-refractivity contribution in [3.63, 3.8) is 0 Å². The summed E-state index contributed by atoms with van der Waals surface area (Å²) in [6.45, 7) is 10.0. The number of nitrogens with two attached hydrogens (primary N) is 2. The molecule has 12 nitrogen and oxygen atoms in total. The van der Waals surface area contributed by atoms with Gasteiger partial charge in [0.15, 0.2) is 0 Å². The van der Waals surface area contributed by atoms with Crippen LogP contribution in [-0.2, 0) is 0 Å². The van der Waals surface area contributed by atoms with Crippen LogP contribution in [0.2, 0.25) is 20.1 Å². The average molecular weight is 943 g/mol. The van der Waals surface area contributed by atoms with Crippen molar-refractivity contribution in [3.05, 3.63) is 160 Å². The second kappa shape index (κ2) is 17.0. The van der Waals surface area contributed by atoms with Gasteiger partial charge in [-0.1, -0.05) is 94.9 Å². The van der Waals surface area contributed by atoms with E-state index in [0.717, 1.165) is 48.3 Å². The first-order chi connectivity index (χ1) is 30.6. The van der Waals surface area contributed by atoms with E-state index in [-0.39, 0.29) is 23.2 Å². The van der Waals surface area contributed by atoms with Crippen molar-refractivity contribution in [1.29, 1.82) is 0 Å². The Morgan fingerprint density at radius 3 is 1.27 bits per heavy atom. The van der Waals surface area contributed by atoms with Gasteiger partial charge in [-0.15, -0.1) is 0 Å². The largest absolute Gasteiger partial charge is 0.485 e. The van der Waals surface area contributed by atoms with Gasteiger partial charge in [0, 0.05) is 63.0 Å². The number of piperidine rings is 2. The lowest BCUT2D eigenvalue weighted by molar-refractivity contribution is 0.0429. The molecule has 332 valence electrons. The third-order valence-electron chi connectivity index (χ3n) is 13.3. The van der Waals surface area contributed by atoms with E-state index in [0.29, 0.717) is 92.1 Å². The zero-order valence-electron chi connectivity index (χ0n) is 35.9. The molecule has 6 heterocycles. The number of hydrogen-bond donors (Lipinski definition) is 2. The van der Waals surface area contributed by atoms with E-state index in [4.69, 9.17) is 77.3 Å². The molecule has 2 atom stereocenters. The first-order valence-electron chi connectivity index (χ1n) is 21.3. The minimum atomic E-state index is -0.410. The van der Waals surface area contributed by atoms with Crippen LogP contribution in [0.4, 0.5) is 11.6 Å². The number of ether oxygens (including phenoxy) is 2. The van der Waals surface area contributed by atoms with Crippen LogP contribution in [0.5, 0.6) is 11.5 Å². The van der Waals surface area contributed by atoms with Crippen molar-refractivity contribution in [1.82, 2.24) is 19.1 Å². The quantitative estimate of drug-likeness (QED) is 0.175. The Balaban J connectivity index is 0.000000162. The summed E-state index contributed by atoms with van der Waals surface area (Å²) < 4.78 is 15.7. The van der Waals surface area contributed by atoms with Gasteiger partial charge in [0.2, 0.25) is 0 Å². The lowest BCUT2D eigenvalue weighted by Gasteiger charge is -2.41. The van der Waals surface area contributed by atoms with Gasteiger partial charge in [-0.3, -0.25) is 18.7 Å². The first kappa shape index (κ1) is 44.1. The number of hydrogen-bond acceptors (Lipinski definition) is 10. The molecular weight excluding hydrogens is 894 g/mol. The number of fused-ring (bicyclic) bond motifs is 2. The fraction of sp³-hybridized carbons (Fsp3) is 0.333. The fourth-order valence-electron chi connectivity index (χ4n) is 9.72. The monoisotopic (exact) mass is 940 g/mol. The van der Waals surface area contributed by atoms with Crippen molar-refractivity contribution >= 4 is 58.0 Å². The van der Waals surface area contributed by atoms with Gasteiger partial charge >= 0.3 is 0 Å². The zero-order chi connectivity index (χ0) is 45.2. The number of para-hydroxylation sites is 2.